The van der Waals surface area contributed by atoms with Crippen LogP contribution < -0.4 is 15.4 Å². The topological polar surface area (TPSA) is 110 Å². The molecule has 0 saturated carbocycles. The fraction of sp³-hybridized carbons (Fsp3) is 0.300. The lowest BCUT2D eigenvalue weighted by atomic mass is 10.1. The first-order chi connectivity index (χ1) is 13.1. The van der Waals surface area contributed by atoms with Crippen LogP contribution in [0.5, 0.6) is 0 Å². The van der Waals surface area contributed by atoms with Gasteiger partial charge in [0, 0.05) is 17.9 Å². The summed E-state index contributed by atoms with van der Waals surface area (Å²) in [6.45, 7) is 4.47. The Balaban J connectivity index is 1.71. The number of hydrogen-bond donors (Lipinski definition) is 2. The molecule has 0 aliphatic carbocycles. The zero-order valence-electron chi connectivity index (χ0n) is 15.8. The van der Waals surface area contributed by atoms with Crippen molar-refractivity contribution in [2.24, 2.45) is 11.1 Å². The van der Waals surface area contributed by atoms with Crippen molar-refractivity contribution in [3.05, 3.63) is 59.2 Å². The fourth-order valence-electron chi connectivity index (χ4n) is 3.27. The highest BCUT2D eigenvalue weighted by Gasteiger charge is 2.37. The number of sulfonamides is 1. The second-order valence-electron chi connectivity index (χ2n) is 7.10. The number of anilines is 2. The van der Waals surface area contributed by atoms with Gasteiger partial charge in [0.15, 0.2) is 0 Å². The molecule has 28 heavy (non-hydrogen) atoms. The van der Waals surface area contributed by atoms with E-state index in [0.717, 1.165) is 16.8 Å². The third-order valence-corrected chi connectivity index (χ3v) is 5.62. The summed E-state index contributed by atoms with van der Waals surface area (Å²) in [5.41, 5.74) is 3.92. The largest absolute Gasteiger partial charge is 0.325 e. The predicted octanol–water partition coefficient (Wildman–Crippen LogP) is 2.08. The smallest absolute Gasteiger partial charge is 0.239 e. The highest BCUT2D eigenvalue weighted by Crippen LogP contribution is 2.28. The van der Waals surface area contributed by atoms with Gasteiger partial charge in [-0.25, -0.2) is 13.6 Å². The minimum absolute atomic E-state index is 0.235. The number of nitrogens with two attached hydrogens (primary N) is 1. The van der Waals surface area contributed by atoms with Crippen molar-refractivity contribution in [3.63, 3.8) is 0 Å². The van der Waals surface area contributed by atoms with Crippen LogP contribution in [0.2, 0.25) is 0 Å². The third kappa shape index (κ3) is 4.58. The SMILES string of the molecule is Cc1ccc(N2CCC(C(=O)Nc3cccc(CS(N)(=O)=O)c3)C2=O)cc1C. The Labute approximate surface area is 164 Å². The third-order valence-electron chi connectivity index (χ3n) is 4.89. The minimum atomic E-state index is -3.66. The van der Waals surface area contributed by atoms with Crippen LogP contribution in [-0.2, 0) is 25.4 Å². The van der Waals surface area contributed by atoms with Crippen molar-refractivity contribution in [3.8, 4) is 0 Å². The molecule has 0 spiro atoms. The molecular weight excluding hydrogens is 378 g/mol. The minimum Gasteiger partial charge on any atom is -0.325 e. The average molecular weight is 401 g/mol. The van der Waals surface area contributed by atoms with Gasteiger partial charge < -0.3 is 10.2 Å². The first kappa shape index (κ1) is 20.0. The first-order valence-electron chi connectivity index (χ1n) is 8.93. The number of benzene rings is 2. The van der Waals surface area contributed by atoms with Crippen LogP contribution in [-0.4, -0.2) is 26.8 Å². The summed E-state index contributed by atoms with van der Waals surface area (Å²) in [6, 6.07) is 12.2. The van der Waals surface area contributed by atoms with E-state index in [0.29, 0.717) is 24.2 Å². The van der Waals surface area contributed by atoms with Crippen LogP contribution in [0.4, 0.5) is 11.4 Å². The Kier molecular flexibility index (Phi) is 5.53. The standard InChI is InChI=1S/C20H23N3O4S/c1-13-6-7-17(10-14(13)2)23-9-8-18(20(23)25)19(24)22-16-5-3-4-15(11-16)12-28(21,26)27/h3-7,10-11,18H,8-9,12H2,1-2H3,(H,22,24)(H2,21,26,27). The number of amides is 2. The van der Waals surface area contributed by atoms with Crippen LogP contribution in [0.25, 0.3) is 0 Å². The molecule has 1 atom stereocenters. The molecule has 148 valence electrons. The van der Waals surface area contributed by atoms with E-state index in [4.69, 9.17) is 5.14 Å². The molecule has 1 unspecified atom stereocenters. The normalized spacial score (nSPS) is 17.0. The Morgan fingerprint density at radius 2 is 1.93 bits per heavy atom. The number of hydrogen-bond acceptors (Lipinski definition) is 4. The molecule has 1 aliphatic rings. The van der Waals surface area contributed by atoms with Crippen LogP contribution in [0, 0.1) is 19.8 Å². The van der Waals surface area contributed by atoms with Gasteiger partial charge in [-0.1, -0.05) is 18.2 Å². The summed E-state index contributed by atoms with van der Waals surface area (Å²) in [5.74, 6) is -1.73. The molecule has 1 aliphatic heterocycles. The van der Waals surface area contributed by atoms with Crippen molar-refractivity contribution < 1.29 is 18.0 Å². The van der Waals surface area contributed by atoms with Crippen LogP contribution >= 0.6 is 0 Å². The second kappa shape index (κ2) is 7.73. The molecular formula is C20H23N3O4S. The second-order valence-corrected chi connectivity index (χ2v) is 8.71. The number of nitrogens with zero attached hydrogens (tertiary/aromatic N) is 1. The lowest BCUT2D eigenvalue weighted by Crippen LogP contribution is -2.33. The quantitative estimate of drug-likeness (QED) is 0.748. The molecule has 1 heterocycles. The Hall–Kier alpha value is -2.71. The summed E-state index contributed by atoms with van der Waals surface area (Å²) in [5, 5.41) is 7.77. The summed E-state index contributed by atoms with van der Waals surface area (Å²) >= 11 is 0. The molecule has 1 saturated heterocycles. The summed E-state index contributed by atoms with van der Waals surface area (Å²) < 4.78 is 22.5. The van der Waals surface area contributed by atoms with Gasteiger partial charge in [-0.3, -0.25) is 9.59 Å². The Bertz CT molecular complexity index is 1030. The lowest BCUT2D eigenvalue weighted by molar-refractivity contribution is -0.129. The van der Waals surface area contributed by atoms with Crippen molar-refractivity contribution in [1.29, 1.82) is 0 Å². The zero-order chi connectivity index (χ0) is 20.5. The van der Waals surface area contributed by atoms with Gasteiger partial charge in [0.25, 0.3) is 0 Å². The summed E-state index contributed by atoms with van der Waals surface area (Å²) in [4.78, 5) is 27.0. The van der Waals surface area contributed by atoms with Gasteiger partial charge in [-0.15, -0.1) is 0 Å². The van der Waals surface area contributed by atoms with E-state index in [9.17, 15) is 18.0 Å². The van der Waals surface area contributed by atoms with E-state index in [1.54, 1.807) is 29.2 Å². The molecule has 0 aromatic heterocycles. The highest BCUT2D eigenvalue weighted by atomic mass is 32.2. The molecule has 8 heteroatoms. The maximum atomic E-state index is 12.8. The Morgan fingerprint density at radius 1 is 1.18 bits per heavy atom. The number of rotatable bonds is 5. The monoisotopic (exact) mass is 401 g/mol. The summed E-state index contributed by atoms with van der Waals surface area (Å²) in [7, 11) is -3.66. The van der Waals surface area contributed by atoms with E-state index in [1.807, 2.05) is 32.0 Å². The fourth-order valence-corrected chi connectivity index (χ4v) is 3.92. The average Bonchev–Trinajstić information content (AvgIpc) is 2.98. The molecule has 3 N–H and O–H groups in total. The first-order valence-corrected chi connectivity index (χ1v) is 10.6. The van der Waals surface area contributed by atoms with Crippen LogP contribution in [0.1, 0.15) is 23.1 Å². The van der Waals surface area contributed by atoms with E-state index >= 15 is 0 Å². The molecule has 7 nitrogen and oxygen atoms in total. The molecule has 2 amide bonds. The Morgan fingerprint density at radius 3 is 2.61 bits per heavy atom. The van der Waals surface area contributed by atoms with E-state index in [1.165, 1.54) is 0 Å². The number of carbonyl (C=O) groups excluding carboxylic acids is 2. The predicted molar refractivity (Wildman–Crippen MR) is 108 cm³/mol. The van der Waals surface area contributed by atoms with E-state index < -0.39 is 21.8 Å². The van der Waals surface area contributed by atoms with Gasteiger partial charge in [0.05, 0.1) is 5.75 Å². The van der Waals surface area contributed by atoms with Crippen molar-refractivity contribution in [1.82, 2.24) is 0 Å². The molecule has 2 aromatic rings. The number of primary sulfonamides is 1. The van der Waals surface area contributed by atoms with Gasteiger partial charge in [-0.2, -0.15) is 0 Å². The number of nitrogens with one attached hydrogen (secondary N) is 1. The zero-order valence-corrected chi connectivity index (χ0v) is 16.6. The molecule has 0 bridgehead atoms. The molecule has 0 radical (unpaired) electrons. The van der Waals surface area contributed by atoms with Crippen molar-refractivity contribution in [2.75, 3.05) is 16.8 Å². The lowest BCUT2D eigenvalue weighted by Gasteiger charge is -2.18. The van der Waals surface area contributed by atoms with Crippen molar-refractivity contribution >= 4 is 33.2 Å². The summed E-state index contributed by atoms with van der Waals surface area (Å²) in [6.07, 6.45) is 0.425. The van der Waals surface area contributed by atoms with Gasteiger partial charge >= 0.3 is 0 Å². The van der Waals surface area contributed by atoms with Gasteiger partial charge in [0.1, 0.15) is 5.92 Å². The molecule has 3 rings (SSSR count). The van der Waals surface area contributed by atoms with Gasteiger partial charge in [0.2, 0.25) is 21.8 Å². The van der Waals surface area contributed by atoms with Crippen LogP contribution in [0.3, 0.4) is 0 Å². The molecule has 1 fully saturated rings. The van der Waals surface area contributed by atoms with E-state index in [-0.39, 0.29) is 11.7 Å². The van der Waals surface area contributed by atoms with Gasteiger partial charge in [-0.05, 0) is 61.2 Å². The maximum absolute atomic E-state index is 12.8. The van der Waals surface area contributed by atoms with Crippen LogP contribution in [0.15, 0.2) is 42.5 Å². The molecule has 2 aromatic carbocycles. The number of aryl methyl sites for hydroxylation is 2. The highest BCUT2D eigenvalue weighted by molar-refractivity contribution is 7.88. The van der Waals surface area contributed by atoms with Crippen molar-refractivity contribution in [2.45, 2.75) is 26.0 Å². The van der Waals surface area contributed by atoms with E-state index in [2.05, 4.69) is 5.32 Å². The number of carbonyl (C=O) groups is 2. The maximum Gasteiger partial charge on any atom is 0.239 e.